The van der Waals surface area contributed by atoms with Gasteiger partial charge in [0, 0.05) is 45.2 Å². The van der Waals surface area contributed by atoms with E-state index in [4.69, 9.17) is 0 Å². The first kappa shape index (κ1) is 53.4. The van der Waals surface area contributed by atoms with E-state index in [9.17, 15) is 0 Å². The predicted molar refractivity (Wildman–Crippen MR) is 352 cm³/mol. The minimum Gasteiger partial charge on any atom is -0.335 e. The highest BCUT2D eigenvalue weighted by Gasteiger charge is 2.65. The molecule has 1 fully saturated rings. The maximum Gasteiger partial charge on any atom is 0.248 e. The summed E-state index contributed by atoms with van der Waals surface area (Å²) in [6.45, 7) is 43.9. The van der Waals surface area contributed by atoms with Crippen molar-refractivity contribution in [3.63, 3.8) is 0 Å². The predicted octanol–water partition coefficient (Wildman–Crippen LogP) is 19.0. The molecule has 4 heterocycles. The van der Waals surface area contributed by atoms with Crippen LogP contribution in [0.1, 0.15) is 223 Å². The Balaban J connectivity index is 1.17. The minimum absolute atomic E-state index is 0.00581. The van der Waals surface area contributed by atoms with Gasteiger partial charge < -0.3 is 9.80 Å². The Labute approximate surface area is 492 Å². The van der Waals surface area contributed by atoms with E-state index < -0.39 is 0 Å². The zero-order chi connectivity index (χ0) is 58.0. The largest absolute Gasteiger partial charge is 0.335 e. The standard InChI is InChI=1S/C79H87BN2/c1-72(2,3)48-26-32-52(33-27-48)81(53-34-28-49(29-35-53)73(4,5)6)54-44-60-65(55-36-30-50(74(7,8)9)42-58(55)47-24-20-19-21-25-47)57-38-37-56-59-43-51(75(10,11)12)31-39-61(59)79(18)66(56)69(57)80-68(60)64(45-54)82-71-63(77(16)40-22-23-41-78(77,82)17)46-62(76(13,14)15)67(79)70(71)80/h19-21,24-39,42-46,65H,22-23,40-41H2,1-18H3. The summed E-state index contributed by atoms with van der Waals surface area (Å²) < 4.78 is 0. The van der Waals surface area contributed by atoms with Crippen LogP contribution in [0.5, 0.6) is 0 Å². The topological polar surface area (TPSA) is 6.48 Å². The fourth-order valence-electron chi connectivity index (χ4n) is 17.0. The molecule has 82 heavy (non-hydrogen) atoms. The normalized spacial score (nSPS) is 21.8. The van der Waals surface area contributed by atoms with Crippen LogP contribution in [0.2, 0.25) is 0 Å². The van der Waals surface area contributed by atoms with Crippen molar-refractivity contribution < 1.29 is 0 Å². The summed E-state index contributed by atoms with van der Waals surface area (Å²) in [4.78, 5) is 5.63. The second-order valence-electron chi connectivity index (χ2n) is 31.8. The molecule has 2 aliphatic carbocycles. The monoisotopic (exact) mass is 1070 g/mol. The van der Waals surface area contributed by atoms with Gasteiger partial charge in [-0.1, -0.05) is 238 Å². The number of benzene rings is 8. The number of nitrogens with zero attached hydrogens (tertiary/aromatic N) is 2. The van der Waals surface area contributed by atoms with Gasteiger partial charge in [-0.3, -0.25) is 0 Å². The molecule has 0 bridgehead atoms. The Morgan fingerprint density at radius 1 is 0.439 bits per heavy atom. The van der Waals surface area contributed by atoms with Crippen molar-refractivity contribution >= 4 is 51.5 Å². The summed E-state index contributed by atoms with van der Waals surface area (Å²) in [6, 6.07) is 59.1. The summed E-state index contributed by atoms with van der Waals surface area (Å²) in [7, 11) is 0. The van der Waals surface area contributed by atoms with Crippen molar-refractivity contribution in [1.82, 2.24) is 0 Å². The third-order valence-electron chi connectivity index (χ3n) is 21.7. The maximum atomic E-state index is 3.02. The Hall–Kier alpha value is -6.58. The van der Waals surface area contributed by atoms with Gasteiger partial charge in [0.2, 0.25) is 6.71 Å². The lowest BCUT2D eigenvalue weighted by molar-refractivity contribution is 0.195. The minimum atomic E-state index is -0.385. The van der Waals surface area contributed by atoms with E-state index in [0.29, 0.717) is 0 Å². The number of fused-ring (bicyclic) bond motifs is 8. The van der Waals surface area contributed by atoms with Crippen LogP contribution >= 0.6 is 0 Å². The highest BCUT2D eigenvalue weighted by atomic mass is 15.3. The highest BCUT2D eigenvalue weighted by Crippen LogP contribution is 2.66. The number of hydrogen-bond acceptors (Lipinski definition) is 2. The first-order chi connectivity index (χ1) is 38.5. The molecule has 0 saturated heterocycles. The lowest BCUT2D eigenvalue weighted by Gasteiger charge is -2.54. The first-order valence-corrected chi connectivity index (χ1v) is 31.2. The molecule has 0 aromatic heterocycles. The number of anilines is 5. The van der Waals surface area contributed by atoms with E-state index in [1.165, 1.54) is 125 Å². The van der Waals surface area contributed by atoms with Gasteiger partial charge in [-0.05, 0) is 190 Å². The fraction of sp³-hybridized carbons (Fsp3) is 0.392. The molecule has 0 N–H and O–H groups in total. The summed E-state index contributed by atoms with van der Waals surface area (Å²) in [5, 5.41) is 0. The quantitative estimate of drug-likeness (QED) is 0.159. The van der Waals surface area contributed by atoms with E-state index >= 15 is 0 Å². The average molecular weight is 1080 g/mol. The van der Waals surface area contributed by atoms with E-state index in [-0.39, 0.29) is 56.1 Å². The highest BCUT2D eigenvalue weighted by molar-refractivity contribution is 7.00. The fourth-order valence-corrected chi connectivity index (χ4v) is 17.0. The van der Waals surface area contributed by atoms with Gasteiger partial charge in [-0.25, -0.2) is 0 Å². The molecule has 6 aliphatic rings. The summed E-state index contributed by atoms with van der Waals surface area (Å²) in [5.74, 6) is -0.0672. The molecule has 0 amide bonds. The molecule has 1 saturated carbocycles. The van der Waals surface area contributed by atoms with Crippen molar-refractivity contribution in [1.29, 1.82) is 0 Å². The van der Waals surface area contributed by atoms with Crippen LogP contribution in [0, 0.1) is 0 Å². The molecule has 416 valence electrons. The number of rotatable bonds is 5. The molecular formula is C79H87BN2. The SMILES string of the molecule is CC(C)(C)c1ccc(N(c2ccc(C(C)(C)C)cc2)c2cc3c4c(c2)N2c5c(cc(C(C)(C)C)c6c5B4c4c(ccc5c4C6(C)c4ccc(C(C)(C)C)cc4-5)C3c3ccc(C(C)(C)C)cc3-c3ccccc3)C3(C)CCCCC23C)cc1. The molecule has 0 radical (unpaired) electrons. The van der Waals surface area contributed by atoms with E-state index in [1.54, 1.807) is 27.6 Å². The first-order valence-electron chi connectivity index (χ1n) is 31.2. The van der Waals surface area contributed by atoms with Crippen LogP contribution < -0.4 is 26.2 Å². The third-order valence-corrected chi connectivity index (χ3v) is 21.7. The Bertz CT molecular complexity index is 3930. The van der Waals surface area contributed by atoms with Crippen molar-refractivity contribution in [2.75, 3.05) is 9.80 Å². The van der Waals surface area contributed by atoms with Gasteiger partial charge in [0.05, 0.1) is 5.54 Å². The van der Waals surface area contributed by atoms with Crippen molar-refractivity contribution in [3.8, 4) is 22.3 Å². The van der Waals surface area contributed by atoms with Crippen LogP contribution in [0.15, 0.2) is 146 Å². The molecule has 4 atom stereocenters. The van der Waals surface area contributed by atoms with Gasteiger partial charge in [0.1, 0.15) is 0 Å². The molecule has 8 aromatic rings. The van der Waals surface area contributed by atoms with Gasteiger partial charge >= 0.3 is 0 Å². The summed E-state index contributed by atoms with van der Waals surface area (Å²) in [6.07, 6.45) is 4.80. The van der Waals surface area contributed by atoms with Crippen LogP contribution in [-0.4, -0.2) is 12.3 Å². The van der Waals surface area contributed by atoms with E-state index in [0.717, 1.165) is 6.42 Å². The van der Waals surface area contributed by atoms with Gasteiger partial charge in [-0.2, -0.15) is 0 Å². The summed E-state index contributed by atoms with van der Waals surface area (Å²) >= 11 is 0. The maximum absolute atomic E-state index is 3.02. The Morgan fingerprint density at radius 2 is 0.988 bits per heavy atom. The molecule has 4 aliphatic heterocycles. The van der Waals surface area contributed by atoms with Gasteiger partial charge in [0.15, 0.2) is 0 Å². The second kappa shape index (κ2) is 17.0. The van der Waals surface area contributed by atoms with Crippen LogP contribution in [-0.2, 0) is 37.9 Å². The van der Waals surface area contributed by atoms with E-state index in [2.05, 4.69) is 280 Å². The molecule has 3 heteroatoms. The van der Waals surface area contributed by atoms with Gasteiger partial charge in [-0.15, -0.1) is 0 Å². The molecule has 8 aromatic carbocycles. The lowest BCUT2D eigenvalue weighted by Crippen LogP contribution is -2.69. The van der Waals surface area contributed by atoms with Crippen LogP contribution in [0.3, 0.4) is 0 Å². The molecule has 2 nitrogen and oxygen atoms in total. The average Bonchev–Trinajstić information content (AvgIpc) is 1.38. The lowest BCUT2D eigenvalue weighted by atomic mass is 9.26. The molecule has 0 spiro atoms. The molecule has 4 unspecified atom stereocenters. The second-order valence-corrected chi connectivity index (χ2v) is 31.8. The Morgan fingerprint density at radius 3 is 1.57 bits per heavy atom. The number of hydrogen-bond donors (Lipinski definition) is 0. The zero-order valence-corrected chi connectivity index (χ0v) is 52.7. The third kappa shape index (κ3) is 7.25. The summed E-state index contributed by atoms with van der Waals surface area (Å²) in [5.41, 5.74) is 33.4. The van der Waals surface area contributed by atoms with Crippen LogP contribution in [0.4, 0.5) is 28.4 Å². The molecular weight excluding hydrogens is 988 g/mol. The van der Waals surface area contributed by atoms with Crippen LogP contribution in [0.25, 0.3) is 22.3 Å². The van der Waals surface area contributed by atoms with E-state index in [1.807, 2.05) is 0 Å². The van der Waals surface area contributed by atoms with Crippen molar-refractivity contribution in [2.24, 2.45) is 0 Å². The Kier molecular flexibility index (Phi) is 11.1. The zero-order valence-electron chi connectivity index (χ0n) is 52.7. The van der Waals surface area contributed by atoms with Gasteiger partial charge in [0.25, 0.3) is 0 Å². The van der Waals surface area contributed by atoms with Crippen molar-refractivity contribution in [3.05, 3.63) is 212 Å². The molecule has 14 rings (SSSR count). The smallest absolute Gasteiger partial charge is 0.248 e. The van der Waals surface area contributed by atoms with Crippen molar-refractivity contribution in [2.45, 2.75) is 200 Å².